The molecule has 1 aromatic carbocycles. The smallest absolute Gasteiger partial charge is 0.120 e. The molecule has 1 aliphatic heterocycles. The lowest BCUT2D eigenvalue weighted by atomic mass is 10.1. The van der Waals surface area contributed by atoms with E-state index in [2.05, 4.69) is 17.1 Å². The molecule has 3 unspecified atom stereocenters. The number of aliphatic hydroxyl groups is 1. The summed E-state index contributed by atoms with van der Waals surface area (Å²) in [6.45, 7) is 8.06. The Kier molecular flexibility index (Phi) is 5.24. The third-order valence-corrected chi connectivity index (χ3v) is 4.85. The lowest BCUT2D eigenvalue weighted by molar-refractivity contribution is 0.168. The van der Waals surface area contributed by atoms with Crippen LogP contribution in [0.25, 0.3) is 0 Å². The van der Waals surface area contributed by atoms with Gasteiger partial charge in [0.05, 0.1) is 12.2 Å². The number of hydrogen-bond donors (Lipinski definition) is 2. The van der Waals surface area contributed by atoms with Crippen LogP contribution < -0.4 is 10.1 Å². The molecule has 3 rings (SSSR count). The summed E-state index contributed by atoms with van der Waals surface area (Å²) in [6, 6.07) is 9.79. The van der Waals surface area contributed by atoms with Crippen molar-refractivity contribution >= 4 is 0 Å². The second kappa shape index (κ2) is 7.20. The summed E-state index contributed by atoms with van der Waals surface area (Å²) in [6.07, 6.45) is 3.56. The zero-order valence-electron chi connectivity index (χ0n) is 14.5. The van der Waals surface area contributed by atoms with Gasteiger partial charge < -0.3 is 15.2 Å². The van der Waals surface area contributed by atoms with Crippen molar-refractivity contribution < 1.29 is 9.84 Å². The van der Waals surface area contributed by atoms with Crippen LogP contribution in [0.4, 0.5) is 0 Å². The van der Waals surface area contributed by atoms with Gasteiger partial charge in [-0.3, -0.25) is 4.90 Å². The Morgan fingerprint density at radius 1 is 1.35 bits per heavy atom. The second-order valence-corrected chi connectivity index (χ2v) is 7.37. The monoisotopic (exact) mass is 318 g/mol. The van der Waals surface area contributed by atoms with E-state index in [1.54, 1.807) is 0 Å². The molecular weight excluding hydrogens is 288 g/mol. The summed E-state index contributed by atoms with van der Waals surface area (Å²) in [5, 5.41) is 14.0. The van der Waals surface area contributed by atoms with E-state index < -0.39 is 6.10 Å². The highest BCUT2D eigenvalue weighted by Gasteiger charge is 2.38. The highest BCUT2D eigenvalue weighted by atomic mass is 16.5. The van der Waals surface area contributed by atoms with Crippen molar-refractivity contribution in [2.24, 2.45) is 0 Å². The summed E-state index contributed by atoms with van der Waals surface area (Å²) in [5.41, 5.74) is 0.917. The Morgan fingerprint density at radius 3 is 2.83 bits per heavy atom. The van der Waals surface area contributed by atoms with Gasteiger partial charge in [0, 0.05) is 31.2 Å². The molecule has 0 radical (unpaired) electrons. The van der Waals surface area contributed by atoms with Crippen molar-refractivity contribution in [2.45, 2.75) is 70.4 Å². The molecule has 0 amide bonds. The quantitative estimate of drug-likeness (QED) is 0.811. The number of nitrogens with zero attached hydrogens (tertiary/aromatic N) is 1. The summed E-state index contributed by atoms with van der Waals surface area (Å²) < 4.78 is 5.71. The molecular formula is C19H30N2O2. The minimum atomic E-state index is -0.490. The number of ether oxygens (including phenoxy) is 1. The summed E-state index contributed by atoms with van der Waals surface area (Å²) in [4.78, 5) is 2.63. The Morgan fingerprint density at radius 2 is 2.13 bits per heavy atom. The van der Waals surface area contributed by atoms with Crippen LogP contribution in [0.1, 0.15) is 51.7 Å². The largest absolute Gasteiger partial charge is 0.491 e. The Labute approximate surface area is 139 Å². The average molecular weight is 318 g/mol. The van der Waals surface area contributed by atoms with E-state index in [9.17, 15) is 5.11 Å². The number of rotatable bonds is 7. The first-order chi connectivity index (χ1) is 11.0. The van der Waals surface area contributed by atoms with Gasteiger partial charge in [-0.15, -0.1) is 0 Å². The molecule has 4 nitrogen and oxygen atoms in total. The minimum absolute atomic E-state index is 0.147. The van der Waals surface area contributed by atoms with E-state index in [0.717, 1.165) is 23.9 Å². The zero-order chi connectivity index (χ0) is 16.4. The zero-order valence-corrected chi connectivity index (χ0v) is 14.5. The lowest BCUT2D eigenvalue weighted by Gasteiger charge is -2.20. The third kappa shape index (κ3) is 4.46. The average Bonchev–Trinajstić information content (AvgIpc) is 3.28. The Bertz CT molecular complexity index is 516. The van der Waals surface area contributed by atoms with Crippen LogP contribution in [0.15, 0.2) is 24.3 Å². The first kappa shape index (κ1) is 16.7. The van der Waals surface area contributed by atoms with Gasteiger partial charge in [-0.1, -0.05) is 12.1 Å². The normalized spacial score (nSPS) is 26.7. The van der Waals surface area contributed by atoms with E-state index in [0.29, 0.717) is 18.6 Å². The standard InChI is InChI=1S/C19H30N2O2/c1-13(2)23-18-6-4-5-15(10-18)19(22)11-20-16-9-14(3)21(12-16)17-7-8-17/h4-6,10,13-14,16-17,19-20,22H,7-9,11-12H2,1-3H3. The van der Waals surface area contributed by atoms with Crippen molar-refractivity contribution in [3.8, 4) is 5.75 Å². The lowest BCUT2D eigenvalue weighted by Crippen LogP contribution is -2.36. The van der Waals surface area contributed by atoms with E-state index in [-0.39, 0.29) is 6.10 Å². The molecule has 1 aliphatic carbocycles. The number of aliphatic hydroxyl groups excluding tert-OH is 1. The molecule has 3 atom stereocenters. The van der Waals surface area contributed by atoms with E-state index in [4.69, 9.17) is 4.74 Å². The number of likely N-dealkylation sites (tertiary alicyclic amines) is 1. The van der Waals surface area contributed by atoms with Gasteiger partial charge in [0.2, 0.25) is 0 Å². The second-order valence-electron chi connectivity index (χ2n) is 7.37. The summed E-state index contributed by atoms with van der Waals surface area (Å²) in [5.74, 6) is 0.825. The molecule has 2 N–H and O–H groups in total. The molecule has 2 fully saturated rings. The fourth-order valence-electron chi connectivity index (χ4n) is 3.58. The first-order valence-electron chi connectivity index (χ1n) is 8.96. The van der Waals surface area contributed by atoms with E-state index in [1.807, 2.05) is 38.1 Å². The first-order valence-corrected chi connectivity index (χ1v) is 8.96. The van der Waals surface area contributed by atoms with E-state index in [1.165, 1.54) is 19.3 Å². The molecule has 0 bridgehead atoms. The number of benzene rings is 1. The Balaban J connectivity index is 1.50. The van der Waals surface area contributed by atoms with Crippen molar-refractivity contribution in [3.63, 3.8) is 0 Å². The van der Waals surface area contributed by atoms with Gasteiger partial charge in [-0.25, -0.2) is 0 Å². The Hall–Kier alpha value is -1.10. The van der Waals surface area contributed by atoms with Crippen molar-refractivity contribution in [3.05, 3.63) is 29.8 Å². The predicted molar refractivity (Wildman–Crippen MR) is 92.8 cm³/mol. The highest BCUT2D eigenvalue weighted by molar-refractivity contribution is 5.30. The fraction of sp³-hybridized carbons (Fsp3) is 0.684. The maximum atomic E-state index is 10.5. The molecule has 0 aromatic heterocycles. The van der Waals surface area contributed by atoms with Gasteiger partial charge in [0.1, 0.15) is 5.75 Å². The highest BCUT2D eigenvalue weighted by Crippen LogP contribution is 2.33. The SMILES string of the molecule is CC(C)Oc1cccc(C(O)CNC2CC(C)N(C3CC3)C2)c1. The maximum absolute atomic E-state index is 10.5. The van der Waals surface area contributed by atoms with Gasteiger partial charge in [0.25, 0.3) is 0 Å². The molecule has 23 heavy (non-hydrogen) atoms. The third-order valence-electron chi connectivity index (χ3n) is 4.85. The maximum Gasteiger partial charge on any atom is 0.120 e. The number of hydrogen-bond acceptors (Lipinski definition) is 4. The van der Waals surface area contributed by atoms with Crippen LogP contribution in [0.5, 0.6) is 5.75 Å². The van der Waals surface area contributed by atoms with Crippen molar-refractivity contribution in [1.29, 1.82) is 0 Å². The molecule has 0 spiro atoms. The van der Waals surface area contributed by atoms with Crippen molar-refractivity contribution in [2.75, 3.05) is 13.1 Å². The van der Waals surface area contributed by atoms with Crippen molar-refractivity contribution in [1.82, 2.24) is 10.2 Å². The molecule has 1 aromatic rings. The van der Waals surface area contributed by atoms with Crippen LogP contribution in [0.2, 0.25) is 0 Å². The molecule has 128 valence electrons. The molecule has 1 saturated carbocycles. The van der Waals surface area contributed by atoms with Crippen LogP contribution in [0, 0.1) is 0 Å². The fourth-order valence-corrected chi connectivity index (χ4v) is 3.58. The molecule has 1 saturated heterocycles. The molecule has 1 heterocycles. The van der Waals surface area contributed by atoms with Crippen LogP contribution in [-0.2, 0) is 0 Å². The minimum Gasteiger partial charge on any atom is -0.491 e. The predicted octanol–water partition coefficient (Wildman–Crippen LogP) is 2.72. The van der Waals surface area contributed by atoms with Gasteiger partial charge in [-0.05, 0) is 57.7 Å². The molecule has 4 heteroatoms. The summed E-state index contributed by atoms with van der Waals surface area (Å²) in [7, 11) is 0. The van der Waals surface area contributed by atoms with Crippen LogP contribution >= 0.6 is 0 Å². The topological polar surface area (TPSA) is 44.7 Å². The van der Waals surface area contributed by atoms with Crippen LogP contribution in [-0.4, -0.2) is 47.3 Å². The van der Waals surface area contributed by atoms with Gasteiger partial charge in [-0.2, -0.15) is 0 Å². The van der Waals surface area contributed by atoms with Gasteiger partial charge in [0.15, 0.2) is 0 Å². The van der Waals surface area contributed by atoms with E-state index >= 15 is 0 Å². The summed E-state index contributed by atoms with van der Waals surface area (Å²) >= 11 is 0. The van der Waals surface area contributed by atoms with Gasteiger partial charge >= 0.3 is 0 Å². The molecule has 2 aliphatic rings. The number of nitrogens with one attached hydrogen (secondary N) is 1. The van der Waals surface area contributed by atoms with Crippen LogP contribution in [0.3, 0.4) is 0 Å².